The molecule has 0 aliphatic heterocycles. The molecule has 0 unspecified atom stereocenters. The summed E-state index contributed by atoms with van der Waals surface area (Å²) < 4.78 is 72.0. The molecule has 0 heterocycles. The molecule has 8 nitrogen and oxygen atoms in total. The summed E-state index contributed by atoms with van der Waals surface area (Å²) in [6, 6.07) is 5.10. The minimum atomic E-state index is -4.55. The van der Waals surface area contributed by atoms with Crippen molar-refractivity contribution in [3.63, 3.8) is 0 Å². The fourth-order valence-electron chi connectivity index (χ4n) is 5.99. The predicted octanol–water partition coefficient (Wildman–Crippen LogP) is 2.53. The van der Waals surface area contributed by atoms with Crippen LogP contribution in [0, 0.1) is 17.3 Å². The van der Waals surface area contributed by atoms with Crippen LogP contribution < -0.4 is 4.18 Å². The first-order valence-electron chi connectivity index (χ1n) is 9.42. The van der Waals surface area contributed by atoms with E-state index >= 15 is 0 Å². The van der Waals surface area contributed by atoms with Crippen LogP contribution in [0.3, 0.4) is 0 Å². The molecule has 5 atom stereocenters. The molecule has 11 heteroatoms. The van der Waals surface area contributed by atoms with Gasteiger partial charge in [0.15, 0.2) is 0 Å². The van der Waals surface area contributed by atoms with Crippen LogP contribution in [0.25, 0.3) is 0 Å². The third-order valence-electron chi connectivity index (χ3n) is 7.05. The monoisotopic (exact) mass is 471 g/mol. The molecule has 0 bridgehead atoms. The van der Waals surface area contributed by atoms with Gasteiger partial charge in [0.1, 0.15) is 5.75 Å². The predicted molar refractivity (Wildman–Crippen MR) is 105 cm³/mol. The molecule has 2 fully saturated rings. The van der Waals surface area contributed by atoms with Crippen molar-refractivity contribution in [2.45, 2.75) is 57.5 Å². The van der Waals surface area contributed by atoms with Gasteiger partial charge in [0.2, 0.25) is 0 Å². The number of aryl methyl sites for hydroxylation is 1. The van der Waals surface area contributed by atoms with Gasteiger partial charge in [-0.2, -0.15) is 16.8 Å². The van der Waals surface area contributed by atoms with Crippen LogP contribution in [0.5, 0.6) is 5.75 Å². The number of fused-ring (bicyclic) bond motifs is 5. The van der Waals surface area contributed by atoms with E-state index < -0.39 is 26.9 Å². The van der Waals surface area contributed by atoms with Crippen molar-refractivity contribution in [1.82, 2.24) is 0 Å². The topological polar surface area (TPSA) is 127 Å². The third kappa shape index (κ3) is 4.94. The molecule has 1 aromatic carbocycles. The molecule has 2 saturated carbocycles. The van der Waals surface area contributed by atoms with E-state index in [9.17, 15) is 16.8 Å². The summed E-state index contributed by atoms with van der Waals surface area (Å²) in [4.78, 5) is 0. The summed E-state index contributed by atoms with van der Waals surface area (Å²) in [5.74, 6) is 1.10. The first-order valence-corrected chi connectivity index (χ1v) is 12.1. The second-order valence-electron chi connectivity index (χ2n) is 8.42. The summed E-state index contributed by atoms with van der Waals surface area (Å²) in [5.41, 5.74) is 1.90. The van der Waals surface area contributed by atoms with Crippen LogP contribution in [0.4, 0.5) is 0 Å². The van der Waals surface area contributed by atoms with Gasteiger partial charge in [-0.15, -0.1) is 0 Å². The van der Waals surface area contributed by atoms with Gasteiger partial charge in [-0.05, 0) is 85.0 Å². The van der Waals surface area contributed by atoms with Gasteiger partial charge in [-0.3, -0.25) is 9.11 Å². The molecule has 157 valence electrons. The van der Waals surface area contributed by atoms with E-state index in [0.717, 1.165) is 37.7 Å². The fraction of sp³-hybridized carbons (Fsp3) is 0.667. The Morgan fingerprint density at radius 1 is 1.03 bits per heavy atom. The first kappa shape index (κ1) is 24.1. The normalized spacial score (nSPS) is 33.8. The van der Waals surface area contributed by atoms with Crippen LogP contribution in [-0.4, -0.2) is 83.4 Å². The smallest absolute Gasteiger partial charge is 0.362 e. The molecule has 2 N–H and O–H groups in total. The van der Waals surface area contributed by atoms with E-state index in [1.54, 1.807) is 12.1 Å². The van der Waals surface area contributed by atoms with Crippen molar-refractivity contribution >= 4 is 72.2 Å². The van der Waals surface area contributed by atoms with E-state index in [1.165, 1.54) is 5.56 Å². The second-order valence-corrected chi connectivity index (χ2v) is 10.5. The van der Waals surface area contributed by atoms with Crippen LogP contribution in [0.1, 0.15) is 56.1 Å². The zero-order chi connectivity index (χ0) is 20.3. The van der Waals surface area contributed by atoms with Gasteiger partial charge in [0.25, 0.3) is 0 Å². The SMILES string of the molecule is C[C@]12CC[C@@H]3c4ccc(OS(=O)(=O)O)cc4CC[C@H]3[C@@H]1CC[C@@H]2OS(=O)(=O)O.[K]. The van der Waals surface area contributed by atoms with E-state index in [0.29, 0.717) is 24.2 Å². The number of hydrogen-bond donors (Lipinski definition) is 2. The van der Waals surface area contributed by atoms with Crippen molar-refractivity contribution in [3.05, 3.63) is 29.3 Å². The summed E-state index contributed by atoms with van der Waals surface area (Å²) in [6.07, 6.45) is 4.30. The van der Waals surface area contributed by atoms with Crippen LogP contribution in [0.15, 0.2) is 18.2 Å². The van der Waals surface area contributed by atoms with Crippen molar-refractivity contribution in [2.75, 3.05) is 0 Å². The van der Waals surface area contributed by atoms with Gasteiger partial charge < -0.3 is 4.18 Å². The van der Waals surface area contributed by atoms with Crippen molar-refractivity contribution in [1.29, 1.82) is 0 Å². The zero-order valence-electron chi connectivity index (χ0n) is 16.4. The minimum Gasteiger partial charge on any atom is -0.362 e. The van der Waals surface area contributed by atoms with E-state index in [4.69, 9.17) is 13.3 Å². The largest absolute Gasteiger partial charge is 0.446 e. The van der Waals surface area contributed by atoms with Crippen molar-refractivity contribution in [3.8, 4) is 5.75 Å². The minimum absolute atomic E-state index is 0. The maximum absolute atomic E-state index is 11.2. The molecule has 0 saturated heterocycles. The Balaban J connectivity index is 0.00000240. The molecular formula is C18H24KO8S2. The molecule has 0 amide bonds. The van der Waals surface area contributed by atoms with E-state index in [2.05, 4.69) is 11.1 Å². The quantitative estimate of drug-likeness (QED) is 0.507. The number of rotatable bonds is 4. The van der Waals surface area contributed by atoms with Gasteiger partial charge in [-0.1, -0.05) is 13.0 Å². The Kier molecular flexibility index (Phi) is 6.99. The van der Waals surface area contributed by atoms with E-state index in [1.807, 2.05) is 6.07 Å². The van der Waals surface area contributed by atoms with Gasteiger partial charge >= 0.3 is 20.8 Å². The summed E-state index contributed by atoms with van der Waals surface area (Å²) in [5, 5.41) is 0. The fourth-order valence-corrected chi connectivity index (χ4v) is 6.95. The Morgan fingerprint density at radius 3 is 2.41 bits per heavy atom. The van der Waals surface area contributed by atoms with Crippen molar-refractivity contribution in [2.24, 2.45) is 17.3 Å². The van der Waals surface area contributed by atoms with Crippen LogP contribution in [-0.2, 0) is 31.4 Å². The molecule has 4 rings (SSSR count). The Hall–Kier alpha value is 0.436. The first-order chi connectivity index (χ1) is 13.0. The van der Waals surface area contributed by atoms with Crippen LogP contribution in [0.2, 0.25) is 0 Å². The molecule has 1 aromatic rings. The Labute approximate surface area is 214 Å². The number of hydrogen-bond acceptors (Lipinski definition) is 6. The molecule has 3 aliphatic carbocycles. The summed E-state index contributed by atoms with van der Waals surface area (Å²) in [6.45, 7) is 2.06. The Morgan fingerprint density at radius 2 is 1.76 bits per heavy atom. The molecule has 29 heavy (non-hydrogen) atoms. The second kappa shape index (κ2) is 8.41. The molecular weight excluding hydrogens is 447 g/mol. The van der Waals surface area contributed by atoms with Crippen molar-refractivity contribution < 1.29 is 34.3 Å². The van der Waals surface area contributed by atoms with Crippen LogP contribution >= 0.6 is 0 Å². The molecule has 1 radical (unpaired) electrons. The van der Waals surface area contributed by atoms with Gasteiger partial charge in [0.05, 0.1) is 6.10 Å². The zero-order valence-corrected chi connectivity index (χ0v) is 21.2. The Bertz CT molecular complexity index is 993. The van der Waals surface area contributed by atoms with Gasteiger partial charge in [-0.25, -0.2) is 4.18 Å². The maximum atomic E-state index is 11.2. The molecule has 0 aromatic heterocycles. The third-order valence-corrected chi connectivity index (χ3v) is 7.93. The standard InChI is InChI=1S/C18H24O8S2.K/c1-18-9-8-14-13-5-3-12(25-27(19,20)21)10-11(13)2-4-15(14)16(18)6-7-17(18)26-28(22,23)24;/h3,5,10,14-17H,2,4,6-9H2,1H3,(H,19,20,21)(H,22,23,24);/t14-,15-,16+,17+,18+;/m1./s1. The molecule has 3 aliphatic rings. The van der Waals surface area contributed by atoms with E-state index in [-0.39, 0.29) is 62.5 Å². The maximum Gasteiger partial charge on any atom is 0.446 e. The summed E-state index contributed by atoms with van der Waals surface area (Å²) in [7, 11) is -9.03. The number of benzene rings is 1. The molecule has 0 spiro atoms. The van der Waals surface area contributed by atoms with Gasteiger partial charge in [0, 0.05) is 51.4 Å². The average Bonchev–Trinajstić information content (AvgIpc) is 2.88. The summed E-state index contributed by atoms with van der Waals surface area (Å²) >= 11 is 0. The average molecular weight is 472 g/mol.